The van der Waals surface area contributed by atoms with E-state index in [2.05, 4.69) is 57.4 Å². The lowest BCUT2D eigenvalue weighted by Crippen LogP contribution is -2.46. The summed E-state index contributed by atoms with van der Waals surface area (Å²) in [7, 11) is -0.105. The molecule has 0 atom stereocenters. The molecule has 0 aromatic heterocycles. The van der Waals surface area contributed by atoms with Gasteiger partial charge in [0.25, 0.3) is 0 Å². The van der Waals surface area contributed by atoms with Crippen LogP contribution in [0.25, 0.3) is 0 Å². The molecular weight excluding hydrogens is 441 g/mol. The highest BCUT2D eigenvalue weighted by molar-refractivity contribution is 6.91. The molecule has 0 saturated heterocycles. The third-order valence-corrected chi connectivity index (χ3v) is 16.2. The van der Waals surface area contributed by atoms with E-state index in [1.165, 1.54) is 37.8 Å². The van der Waals surface area contributed by atoms with Crippen LogP contribution in [0, 0.1) is 0 Å². The summed E-state index contributed by atoms with van der Waals surface area (Å²) >= 11 is 0. The van der Waals surface area contributed by atoms with Crippen molar-refractivity contribution in [2.24, 2.45) is 0 Å². The molecule has 0 saturated carbocycles. The minimum absolute atomic E-state index is 0.250. The van der Waals surface area contributed by atoms with E-state index >= 15 is 0 Å². The highest BCUT2D eigenvalue weighted by Crippen LogP contribution is 2.22. The Balaban J connectivity index is 0.00000282. The van der Waals surface area contributed by atoms with Gasteiger partial charge in [-0.15, -0.1) is 0 Å². The summed E-state index contributed by atoms with van der Waals surface area (Å²) in [5, 5.41) is 3.17. The molecule has 0 bridgehead atoms. The van der Waals surface area contributed by atoms with Crippen LogP contribution in [0.4, 0.5) is 0 Å². The molecule has 1 aromatic carbocycles. The number of benzene rings is 1. The van der Waals surface area contributed by atoms with Crippen molar-refractivity contribution < 1.29 is 22.9 Å². The maximum Gasteiger partial charge on any atom is 0.500 e. The molecule has 8 heteroatoms. The van der Waals surface area contributed by atoms with Crippen LogP contribution < -0.4 is 10.4 Å². The smallest absolute Gasteiger partial charge is 0.377 e. The second-order valence-electron chi connectivity index (χ2n) is 9.39. The van der Waals surface area contributed by atoms with Gasteiger partial charge in [0.1, 0.15) is 0 Å². The van der Waals surface area contributed by atoms with Gasteiger partial charge in [-0.05, 0) is 0 Å². The Morgan fingerprint density at radius 3 is 1.42 bits per heavy atom. The van der Waals surface area contributed by atoms with Crippen molar-refractivity contribution in [3.63, 3.8) is 0 Å². The van der Waals surface area contributed by atoms with Gasteiger partial charge in [-0.2, -0.15) is 9.59 Å². The van der Waals surface area contributed by atoms with Crippen LogP contribution in [0.5, 0.6) is 0 Å². The Morgan fingerprint density at radius 1 is 0.677 bits per heavy atom. The van der Waals surface area contributed by atoms with Gasteiger partial charge in [0.2, 0.25) is 0 Å². The van der Waals surface area contributed by atoms with E-state index < -0.39 is 25.0 Å². The molecular formula is C23H44O5Si3. The maximum absolute atomic E-state index is 8.12. The molecule has 0 heterocycles. The minimum Gasteiger partial charge on any atom is -0.377 e. The van der Waals surface area contributed by atoms with Gasteiger partial charge < -0.3 is 13.3 Å². The molecule has 0 unspecified atom stereocenters. The Kier molecular flexibility index (Phi) is 14.6. The van der Waals surface area contributed by atoms with Crippen molar-refractivity contribution in [3.05, 3.63) is 24.3 Å². The van der Waals surface area contributed by atoms with Crippen molar-refractivity contribution >= 4 is 41.5 Å². The lowest BCUT2D eigenvalue weighted by molar-refractivity contribution is -0.191. The highest BCUT2D eigenvalue weighted by atomic mass is 28.4. The van der Waals surface area contributed by atoms with E-state index in [1.807, 2.05) is 0 Å². The standard InChI is InChI=1S/C22H44O3Si3.CO2/c1-9-10-11-12-18-26(5,6)21-14-16-22(17-15-21)27(7,8)19-13-20-28(23-2,24-3)25-4;2-1-3/h14-17H,9-13,18-20H2,1-8H3;. The first-order chi connectivity index (χ1) is 14.6. The second kappa shape index (κ2) is 15.1. The maximum atomic E-state index is 8.12. The number of carbonyl (C=O) groups excluding carboxylic acids is 2. The van der Waals surface area contributed by atoms with Crippen LogP contribution >= 0.6 is 0 Å². The lowest BCUT2D eigenvalue weighted by atomic mass is 10.2. The van der Waals surface area contributed by atoms with Gasteiger partial charge in [-0.3, -0.25) is 0 Å². The quantitative estimate of drug-likeness (QED) is 0.281. The number of unbranched alkanes of at least 4 members (excludes halogenated alkanes) is 3. The van der Waals surface area contributed by atoms with Crippen molar-refractivity contribution in [3.8, 4) is 0 Å². The Labute approximate surface area is 193 Å². The molecule has 178 valence electrons. The molecule has 0 N–H and O–H groups in total. The van der Waals surface area contributed by atoms with Crippen LogP contribution in [0.3, 0.4) is 0 Å². The average Bonchev–Trinajstić information content (AvgIpc) is 2.75. The monoisotopic (exact) mass is 484 g/mol. The largest absolute Gasteiger partial charge is 0.500 e. The van der Waals surface area contributed by atoms with Crippen molar-refractivity contribution in [1.82, 2.24) is 0 Å². The summed E-state index contributed by atoms with van der Waals surface area (Å²) < 4.78 is 16.7. The van der Waals surface area contributed by atoms with Crippen LogP contribution in [-0.4, -0.2) is 52.4 Å². The fourth-order valence-electron chi connectivity index (χ4n) is 3.96. The fraction of sp³-hybridized carbons (Fsp3) is 0.696. The van der Waals surface area contributed by atoms with E-state index in [0.717, 1.165) is 12.5 Å². The SMILES string of the molecule is CCCCCC[Si](C)(C)c1ccc([Si](C)(C)CCC[Si](OC)(OC)OC)cc1.O=C=O. The van der Waals surface area contributed by atoms with Crippen LogP contribution in [0.1, 0.15) is 39.0 Å². The summed E-state index contributed by atoms with van der Waals surface area (Å²) in [6.07, 6.45) is 6.82. The summed E-state index contributed by atoms with van der Waals surface area (Å²) in [4.78, 5) is 16.2. The van der Waals surface area contributed by atoms with E-state index in [0.29, 0.717) is 0 Å². The Bertz CT molecular complexity index is 629. The number of hydrogen-bond acceptors (Lipinski definition) is 5. The van der Waals surface area contributed by atoms with Crippen LogP contribution in [0.2, 0.25) is 44.3 Å². The van der Waals surface area contributed by atoms with Crippen molar-refractivity contribution in [2.75, 3.05) is 21.3 Å². The summed E-state index contributed by atoms with van der Waals surface area (Å²) in [6, 6.07) is 13.3. The molecule has 1 aromatic rings. The first-order valence-corrected chi connectivity index (χ1v) is 19.7. The summed E-state index contributed by atoms with van der Waals surface area (Å²) in [6.45, 7) is 12.3. The zero-order valence-corrected chi connectivity index (χ0v) is 24.0. The zero-order valence-electron chi connectivity index (χ0n) is 21.0. The Hall–Kier alpha value is -0.869. The highest BCUT2D eigenvalue weighted by Gasteiger charge is 2.38. The predicted molar refractivity (Wildman–Crippen MR) is 136 cm³/mol. The van der Waals surface area contributed by atoms with Gasteiger partial charge in [0.15, 0.2) is 0 Å². The van der Waals surface area contributed by atoms with E-state index in [1.54, 1.807) is 31.7 Å². The molecule has 0 aliphatic rings. The average molecular weight is 485 g/mol. The van der Waals surface area contributed by atoms with Gasteiger partial charge in [-0.25, -0.2) is 0 Å². The fourth-order valence-corrected chi connectivity index (χ4v) is 10.9. The summed E-state index contributed by atoms with van der Waals surface area (Å²) in [5.41, 5.74) is 0. The molecule has 5 nitrogen and oxygen atoms in total. The number of hydrogen-bond donors (Lipinski definition) is 0. The predicted octanol–water partition coefficient (Wildman–Crippen LogP) is 4.78. The van der Waals surface area contributed by atoms with E-state index in [4.69, 9.17) is 22.9 Å². The topological polar surface area (TPSA) is 61.8 Å². The zero-order chi connectivity index (χ0) is 24.0. The van der Waals surface area contributed by atoms with Gasteiger partial charge in [-0.1, -0.05) is 112 Å². The molecule has 0 aliphatic carbocycles. The molecule has 0 aliphatic heterocycles. The molecule has 0 radical (unpaired) electrons. The van der Waals surface area contributed by atoms with Crippen LogP contribution in [-0.2, 0) is 22.9 Å². The third-order valence-electron chi connectivity index (χ3n) is 6.32. The van der Waals surface area contributed by atoms with Crippen molar-refractivity contribution in [2.45, 2.75) is 83.3 Å². The van der Waals surface area contributed by atoms with E-state index in [-0.39, 0.29) is 6.15 Å². The van der Waals surface area contributed by atoms with Crippen LogP contribution in [0.15, 0.2) is 24.3 Å². The van der Waals surface area contributed by atoms with E-state index in [9.17, 15) is 0 Å². The van der Waals surface area contributed by atoms with Crippen molar-refractivity contribution in [1.29, 1.82) is 0 Å². The number of rotatable bonds is 14. The molecule has 0 amide bonds. The molecule has 31 heavy (non-hydrogen) atoms. The molecule has 1 rings (SSSR count). The van der Waals surface area contributed by atoms with Gasteiger partial charge in [0.05, 0.1) is 16.1 Å². The normalized spacial score (nSPS) is 12.1. The summed E-state index contributed by atoms with van der Waals surface area (Å²) in [5.74, 6) is 0. The Morgan fingerprint density at radius 2 is 1.06 bits per heavy atom. The van der Waals surface area contributed by atoms with Gasteiger partial charge >= 0.3 is 15.0 Å². The third kappa shape index (κ3) is 10.5. The minimum atomic E-state index is -2.44. The molecule has 0 fully saturated rings. The van der Waals surface area contributed by atoms with Gasteiger partial charge in [0, 0.05) is 27.4 Å². The molecule has 0 spiro atoms. The first-order valence-electron chi connectivity index (χ1n) is 11.3. The first kappa shape index (κ1) is 30.1. The lowest BCUT2D eigenvalue weighted by Gasteiger charge is -2.28. The second-order valence-corrected chi connectivity index (χ2v) is 22.2.